The van der Waals surface area contributed by atoms with Crippen LogP contribution in [0.25, 0.3) is 0 Å². The Morgan fingerprint density at radius 1 is 1.35 bits per heavy atom. The van der Waals surface area contributed by atoms with E-state index in [1.54, 1.807) is 11.4 Å². The molecule has 140 valence electrons. The highest BCUT2D eigenvalue weighted by Crippen LogP contribution is 2.18. The quantitative estimate of drug-likeness (QED) is 0.749. The van der Waals surface area contributed by atoms with Gasteiger partial charge in [0.25, 0.3) is 5.91 Å². The lowest BCUT2D eigenvalue weighted by atomic mass is 10.2. The van der Waals surface area contributed by atoms with Crippen LogP contribution in [0.1, 0.15) is 22.3 Å². The molecular formula is C17H22N4O3S2. The molecule has 1 saturated heterocycles. The van der Waals surface area contributed by atoms with Crippen molar-refractivity contribution in [2.24, 2.45) is 0 Å². The van der Waals surface area contributed by atoms with Gasteiger partial charge in [0.1, 0.15) is 0 Å². The Bertz CT molecular complexity index is 726. The zero-order valence-corrected chi connectivity index (χ0v) is 16.2. The van der Waals surface area contributed by atoms with Crippen molar-refractivity contribution in [3.05, 3.63) is 33.5 Å². The Kier molecular flexibility index (Phi) is 6.73. The molecule has 26 heavy (non-hydrogen) atoms. The van der Waals surface area contributed by atoms with Crippen LogP contribution in [-0.4, -0.2) is 60.6 Å². The molecule has 3 rings (SSSR count). The van der Waals surface area contributed by atoms with Crippen molar-refractivity contribution in [2.75, 3.05) is 38.2 Å². The standard InChI is InChI=1S/C17H22N4O3S2/c1-12(21-4-6-24-7-5-21)10-18-15(22)9-13-11-26-17(19-13)20-16(23)14-3-2-8-25-14/h2-3,8,11-12H,4-7,9-10H2,1H3,(H,18,22)(H,19,20,23). The molecule has 2 amide bonds. The molecule has 0 bridgehead atoms. The Morgan fingerprint density at radius 2 is 2.15 bits per heavy atom. The summed E-state index contributed by atoms with van der Waals surface area (Å²) in [6.45, 7) is 6.00. The van der Waals surface area contributed by atoms with E-state index in [4.69, 9.17) is 4.74 Å². The van der Waals surface area contributed by atoms with Crippen LogP contribution in [0.5, 0.6) is 0 Å². The Hall–Kier alpha value is -1.81. The summed E-state index contributed by atoms with van der Waals surface area (Å²) in [5, 5.41) is 9.88. The van der Waals surface area contributed by atoms with Gasteiger partial charge in [-0.3, -0.25) is 19.8 Å². The van der Waals surface area contributed by atoms with Crippen molar-refractivity contribution in [1.82, 2.24) is 15.2 Å². The van der Waals surface area contributed by atoms with Crippen LogP contribution in [0, 0.1) is 0 Å². The topological polar surface area (TPSA) is 83.6 Å². The maximum absolute atomic E-state index is 12.1. The molecule has 1 atom stereocenters. The highest BCUT2D eigenvalue weighted by Gasteiger charge is 2.18. The second-order valence-electron chi connectivity index (χ2n) is 6.05. The fourth-order valence-corrected chi connectivity index (χ4v) is 3.97. The number of hydrogen-bond donors (Lipinski definition) is 2. The molecule has 3 heterocycles. The zero-order chi connectivity index (χ0) is 18.4. The normalized spacial score (nSPS) is 16.2. The first kappa shape index (κ1) is 19.0. The van der Waals surface area contributed by atoms with Gasteiger partial charge in [0, 0.05) is 31.1 Å². The number of carbonyl (C=O) groups is 2. The van der Waals surface area contributed by atoms with Gasteiger partial charge in [-0.05, 0) is 18.4 Å². The second-order valence-corrected chi connectivity index (χ2v) is 7.86. The van der Waals surface area contributed by atoms with Crippen molar-refractivity contribution >= 4 is 39.6 Å². The molecule has 0 saturated carbocycles. The number of carbonyl (C=O) groups excluding carboxylic acids is 2. The summed E-state index contributed by atoms with van der Waals surface area (Å²) in [6.07, 6.45) is 0.210. The van der Waals surface area contributed by atoms with E-state index in [2.05, 4.69) is 27.4 Å². The summed E-state index contributed by atoms with van der Waals surface area (Å²) >= 11 is 2.70. The molecule has 2 N–H and O–H groups in total. The molecule has 9 heteroatoms. The molecular weight excluding hydrogens is 372 g/mol. The van der Waals surface area contributed by atoms with Crippen LogP contribution in [0.3, 0.4) is 0 Å². The highest BCUT2D eigenvalue weighted by atomic mass is 32.1. The summed E-state index contributed by atoms with van der Waals surface area (Å²) < 4.78 is 5.34. The fraction of sp³-hybridized carbons (Fsp3) is 0.471. The minimum atomic E-state index is -0.176. The van der Waals surface area contributed by atoms with Crippen molar-refractivity contribution in [1.29, 1.82) is 0 Å². The summed E-state index contributed by atoms with van der Waals surface area (Å²) in [4.78, 5) is 31.4. The second kappa shape index (κ2) is 9.22. The lowest BCUT2D eigenvalue weighted by Crippen LogP contribution is -2.47. The van der Waals surface area contributed by atoms with E-state index in [1.165, 1.54) is 22.7 Å². The third-order valence-corrected chi connectivity index (χ3v) is 5.80. The molecule has 2 aromatic rings. The lowest BCUT2D eigenvalue weighted by molar-refractivity contribution is -0.120. The van der Waals surface area contributed by atoms with Crippen LogP contribution >= 0.6 is 22.7 Å². The molecule has 0 spiro atoms. The van der Waals surface area contributed by atoms with Crippen LogP contribution in [0.4, 0.5) is 5.13 Å². The highest BCUT2D eigenvalue weighted by molar-refractivity contribution is 7.14. The van der Waals surface area contributed by atoms with Gasteiger partial charge in [-0.2, -0.15) is 0 Å². The van der Waals surface area contributed by atoms with Gasteiger partial charge in [0.2, 0.25) is 5.91 Å². The minimum Gasteiger partial charge on any atom is -0.379 e. The third kappa shape index (κ3) is 5.34. The summed E-state index contributed by atoms with van der Waals surface area (Å²) in [6, 6.07) is 3.87. The molecule has 1 aliphatic rings. The van der Waals surface area contributed by atoms with Crippen molar-refractivity contribution in [3.63, 3.8) is 0 Å². The number of morpholine rings is 1. The average Bonchev–Trinajstić information content (AvgIpc) is 3.32. The maximum atomic E-state index is 12.1. The van der Waals surface area contributed by atoms with Crippen LogP contribution in [0.15, 0.2) is 22.9 Å². The predicted molar refractivity (Wildman–Crippen MR) is 103 cm³/mol. The van der Waals surface area contributed by atoms with Gasteiger partial charge in [-0.1, -0.05) is 6.07 Å². The Balaban J connectivity index is 1.43. The van der Waals surface area contributed by atoms with Crippen LogP contribution in [0.2, 0.25) is 0 Å². The van der Waals surface area contributed by atoms with E-state index >= 15 is 0 Å². The van der Waals surface area contributed by atoms with E-state index in [9.17, 15) is 9.59 Å². The monoisotopic (exact) mass is 394 g/mol. The van der Waals surface area contributed by atoms with Gasteiger partial charge in [0.15, 0.2) is 5.13 Å². The number of thiazole rings is 1. The first-order valence-electron chi connectivity index (χ1n) is 8.49. The van der Waals surface area contributed by atoms with Gasteiger partial charge >= 0.3 is 0 Å². The van der Waals surface area contributed by atoms with Gasteiger partial charge < -0.3 is 10.1 Å². The molecule has 0 radical (unpaired) electrons. The number of hydrogen-bond acceptors (Lipinski definition) is 7. The van der Waals surface area contributed by atoms with Crippen LogP contribution in [-0.2, 0) is 16.0 Å². The van der Waals surface area contributed by atoms with Crippen molar-refractivity contribution in [2.45, 2.75) is 19.4 Å². The number of rotatable bonds is 7. The van der Waals surface area contributed by atoms with Crippen LogP contribution < -0.4 is 10.6 Å². The lowest BCUT2D eigenvalue weighted by Gasteiger charge is -2.32. The summed E-state index contributed by atoms with van der Waals surface area (Å²) in [5.74, 6) is -0.240. The average molecular weight is 395 g/mol. The smallest absolute Gasteiger partial charge is 0.267 e. The molecule has 0 aliphatic carbocycles. The molecule has 1 aliphatic heterocycles. The molecule has 0 aromatic carbocycles. The molecule has 1 unspecified atom stereocenters. The SMILES string of the molecule is CC(CNC(=O)Cc1csc(NC(=O)c2cccs2)n1)N1CCOCC1. The van der Waals surface area contributed by atoms with E-state index < -0.39 is 0 Å². The number of thiophene rings is 1. The summed E-state index contributed by atoms with van der Waals surface area (Å²) in [7, 11) is 0. The fourth-order valence-electron chi connectivity index (χ4n) is 2.65. The number of nitrogens with zero attached hydrogens (tertiary/aromatic N) is 2. The summed E-state index contributed by atoms with van der Waals surface area (Å²) in [5.41, 5.74) is 0.660. The van der Waals surface area contributed by atoms with E-state index in [-0.39, 0.29) is 24.3 Å². The van der Waals surface area contributed by atoms with Gasteiger partial charge in [0.05, 0.1) is 30.2 Å². The first-order chi connectivity index (χ1) is 12.6. The number of nitrogens with one attached hydrogen (secondary N) is 2. The molecule has 2 aromatic heterocycles. The van der Waals surface area contributed by atoms with Gasteiger partial charge in [-0.15, -0.1) is 22.7 Å². The number of ether oxygens (including phenoxy) is 1. The minimum absolute atomic E-state index is 0.0634. The van der Waals surface area contributed by atoms with Crippen molar-refractivity contribution in [3.8, 4) is 0 Å². The number of aromatic nitrogens is 1. The third-order valence-electron chi connectivity index (χ3n) is 4.12. The predicted octanol–water partition coefficient (Wildman–Crippen LogP) is 1.84. The largest absolute Gasteiger partial charge is 0.379 e. The number of amides is 2. The molecule has 1 fully saturated rings. The van der Waals surface area contributed by atoms with E-state index in [0.29, 0.717) is 22.2 Å². The Morgan fingerprint density at radius 3 is 2.88 bits per heavy atom. The first-order valence-corrected chi connectivity index (χ1v) is 10.3. The van der Waals surface area contributed by atoms with Crippen molar-refractivity contribution < 1.29 is 14.3 Å². The van der Waals surface area contributed by atoms with E-state index in [1.807, 2.05) is 11.4 Å². The maximum Gasteiger partial charge on any atom is 0.267 e. The van der Waals surface area contributed by atoms with Gasteiger partial charge in [-0.25, -0.2) is 4.98 Å². The van der Waals surface area contributed by atoms with E-state index in [0.717, 1.165) is 26.3 Å². The Labute approximate surface area is 160 Å². The zero-order valence-electron chi connectivity index (χ0n) is 14.6. The molecule has 7 nitrogen and oxygen atoms in total. The number of anilines is 1.